The summed E-state index contributed by atoms with van der Waals surface area (Å²) < 4.78 is 48.2. The molecule has 27 heavy (non-hydrogen) atoms. The molecule has 1 unspecified atom stereocenters. The highest BCUT2D eigenvalue weighted by Crippen LogP contribution is 2.18. The van der Waals surface area contributed by atoms with Crippen LogP contribution in [0.4, 0.5) is 8.78 Å². The minimum Gasteiger partial charge on any atom is -0.339 e. The van der Waals surface area contributed by atoms with Gasteiger partial charge in [-0.2, -0.15) is 9.35 Å². The Morgan fingerprint density at radius 3 is 2.52 bits per heavy atom. The smallest absolute Gasteiger partial charge is 0.285 e. The molecule has 1 aromatic heterocycles. The van der Waals surface area contributed by atoms with Crippen molar-refractivity contribution < 1.29 is 22.3 Å². The molecule has 0 radical (unpaired) electrons. The van der Waals surface area contributed by atoms with Gasteiger partial charge in [-0.25, -0.2) is 13.0 Å². The summed E-state index contributed by atoms with van der Waals surface area (Å²) in [5.41, 5.74) is 0.748. The fraction of sp³-hybridized carbons (Fsp3) is 0.167. The molecule has 140 valence electrons. The Balaban J connectivity index is 1.82. The molecule has 1 atom stereocenters. The van der Waals surface area contributed by atoms with Gasteiger partial charge in [-0.1, -0.05) is 29.4 Å². The van der Waals surface area contributed by atoms with E-state index >= 15 is 0 Å². The van der Waals surface area contributed by atoms with Gasteiger partial charge in [-0.05, 0) is 18.2 Å². The Labute approximate surface area is 154 Å². The molecule has 0 fully saturated rings. The molecule has 1 amide bonds. The van der Waals surface area contributed by atoms with Crippen LogP contribution in [0.3, 0.4) is 0 Å². The Morgan fingerprint density at radius 2 is 1.89 bits per heavy atom. The normalized spacial score (nSPS) is 13.2. The summed E-state index contributed by atoms with van der Waals surface area (Å²) in [5, 5.41) is 3.78. The van der Waals surface area contributed by atoms with Gasteiger partial charge in [0.25, 0.3) is 5.91 Å². The molecule has 1 heterocycles. The van der Waals surface area contributed by atoms with Crippen molar-refractivity contribution in [1.29, 1.82) is 0 Å². The van der Waals surface area contributed by atoms with Crippen LogP contribution in [0.5, 0.6) is 0 Å². The van der Waals surface area contributed by atoms with Crippen molar-refractivity contribution in [2.45, 2.75) is 12.7 Å². The van der Waals surface area contributed by atoms with Gasteiger partial charge in [0, 0.05) is 29.9 Å². The maximum atomic E-state index is 13.8. The topological polar surface area (TPSA) is 85.4 Å². The van der Waals surface area contributed by atoms with Gasteiger partial charge in [-0.15, -0.1) is 0 Å². The van der Waals surface area contributed by atoms with Crippen LogP contribution < -0.4 is 0 Å². The first-order valence-electron chi connectivity index (χ1n) is 7.83. The summed E-state index contributed by atoms with van der Waals surface area (Å²) in [5.74, 6) is -2.42. The molecular formula is C18H15F2N3O3S. The summed E-state index contributed by atoms with van der Waals surface area (Å²) in [4.78, 5) is 16.4. The predicted octanol–water partition coefficient (Wildman–Crippen LogP) is 3.76. The Hall–Kier alpha value is -2.94. The van der Waals surface area contributed by atoms with E-state index in [1.807, 2.05) is 0 Å². The minimum atomic E-state index is -3.10. The standard InChI is InChI=1S/C18H15F2N3O3S/c1-11-21-17(22-26-11)12-6-8-13(9-7-12)18(24)23-27(2,25)10-14-4-3-5-15(19)16(14)20/h3-9H,10H2,1-2H3. The zero-order valence-corrected chi connectivity index (χ0v) is 15.3. The first-order valence-corrected chi connectivity index (χ1v) is 9.92. The highest BCUT2D eigenvalue weighted by Gasteiger charge is 2.15. The van der Waals surface area contributed by atoms with Gasteiger partial charge in [0.1, 0.15) is 0 Å². The lowest BCUT2D eigenvalue weighted by atomic mass is 10.1. The van der Waals surface area contributed by atoms with E-state index in [2.05, 4.69) is 14.5 Å². The fourth-order valence-electron chi connectivity index (χ4n) is 2.39. The summed E-state index contributed by atoms with van der Waals surface area (Å²) in [6, 6.07) is 9.78. The number of halogens is 2. The quantitative estimate of drug-likeness (QED) is 0.676. The predicted molar refractivity (Wildman–Crippen MR) is 95.4 cm³/mol. The van der Waals surface area contributed by atoms with E-state index in [0.717, 1.165) is 6.07 Å². The second-order valence-corrected chi connectivity index (χ2v) is 8.32. The van der Waals surface area contributed by atoms with Gasteiger partial charge < -0.3 is 4.52 Å². The van der Waals surface area contributed by atoms with Crippen LogP contribution in [0.1, 0.15) is 21.8 Å². The molecule has 2 aromatic carbocycles. The van der Waals surface area contributed by atoms with E-state index in [1.54, 1.807) is 19.1 Å². The number of hydrogen-bond donors (Lipinski definition) is 0. The largest absolute Gasteiger partial charge is 0.339 e. The van der Waals surface area contributed by atoms with E-state index in [9.17, 15) is 17.8 Å². The van der Waals surface area contributed by atoms with Crippen LogP contribution in [0.15, 0.2) is 51.4 Å². The van der Waals surface area contributed by atoms with Gasteiger partial charge in [0.2, 0.25) is 11.7 Å². The Kier molecular flexibility index (Phi) is 5.13. The summed E-state index contributed by atoms with van der Waals surface area (Å²) in [6.07, 6.45) is 1.23. The number of aromatic nitrogens is 2. The average Bonchev–Trinajstić information content (AvgIpc) is 3.05. The molecule has 0 saturated carbocycles. The zero-order valence-electron chi connectivity index (χ0n) is 14.5. The molecule has 0 aliphatic heterocycles. The third-order valence-electron chi connectivity index (χ3n) is 3.65. The first kappa shape index (κ1) is 18.8. The molecule has 0 aliphatic rings. The second-order valence-electron chi connectivity index (χ2n) is 5.93. The fourth-order valence-corrected chi connectivity index (χ4v) is 3.71. The molecule has 0 N–H and O–H groups in total. The van der Waals surface area contributed by atoms with Gasteiger partial charge in [0.15, 0.2) is 11.6 Å². The molecule has 0 spiro atoms. The lowest BCUT2D eigenvalue weighted by Crippen LogP contribution is -2.08. The number of carbonyl (C=O) groups excluding carboxylic acids is 1. The number of aryl methyl sites for hydroxylation is 1. The van der Waals surface area contributed by atoms with Crippen LogP contribution in [-0.2, 0) is 15.5 Å². The molecule has 9 heteroatoms. The highest BCUT2D eigenvalue weighted by atomic mass is 32.2. The molecule has 6 nitrogen and oxygen atoms in total. The molecule has 0 saturated heterocycles. The SMILES string of the molecule is Cc1nc(-c2ccc(C(=O)N=S(C)(=O)Cc3cccc(F)c3F)cc2)no1. The maximum absolute atomic E-state index is 13.8. The molecule has 0 bridgehead atoms. The third-order valence-corrected chi connectivity index (χ3v) is 5.05. The van der Waals surface area contributed by atoms with Crippen LogP contribution in [0.2, 0.25) is 0 Å². The van der Waals surface area contributed by atoms with E-state index in [-0.39, 0.29) is 16.9 Å². The Morgan fingerprint density at radius 1 is 1.19 bits per heavy atom. The van der Waals surface area contributed by atoms with E-state index in [4.69, 9.17) is 4.52 Å². The van der Waals surface area contributed by atoms with Gasteiger partial charge >= 0.3 is 0 Å². The Bertz CT molecular complexity index is 1120. The number of carbonyl (C=O) groups is 1. The van der Waals surface area contributed by atoms with Crippen molar-refractivity contribution in [2.24, 2.45) is 4.36 Å². The number of nitrogens with zero attached hydrogens (tertiary/aromatic N) is 3. The van der Waals surface area contributed by atoms with Crippen LogP contribution in [0.25, 0.3) is 11.4 Å². The van der Waals surface area contributed by atoms with Crippen LogP contribution in [0, 0.1) is 18.6 Å². The molecule has 3 rings (SSSR count). The molecule has 0 aliphatic carbocycles. The van der Waals surface area contributed by atoms with Crippen LogP contribution in [-0.4, -0.2) is 26.5 Å². The molecular weight excluding hydrogens is 376 g/mol. The maximum Gasteiger partial charge on any atom is 0.285 e. The monoisotopic (exact) mass is 391 g/mol. The summed E-state index contributed by atoms with van der Waals surface area (Å²) >= 11 is 0. The van der Waals surface area contributed by atoms with Crippen molar-refractivity contribution in [3.63, 3.8) is 0 Å². The molecule has 3 aromatic rings. The average molecular weight is 391 g/mol. The number of benzene rings is 2. The van der Waals surface area contributed by atoms with Crippen molar-refractivity contribution in [1.82, 2.24) is 10.1 Å². The zero-order chi connectivity index (χ0) is 19.6. The lowest BCUT2D eigenvalue weighted by molar-refractivity contribution is 0.100. The van der Waals surface area contributed by atoms with Crippen LogP contribution >= 0.6 is 0 Å². The van der Waals surface area contributed by atoms with Crippen molar-refractivity contribution >= 4 is 15.6 Å². The van der Waals surface area contributed by atoms with Gasteiger partial charge in [0.05, 0.1) is 15.5 Å². The minimum absolute atomic E-state index is 0.0955. The van der Waals surface area contributed by atoms with Crippen molar-refractivity contribution in [3.05, 3.63) is 71.1 Å². The van der Waals surface area contributed by atoms with Crippen molar-refractivity contribution in [2.75, 3.05) is 6.26 Å². The number of rotatable bonds is 4. The third kappa shape index (κ3) is 4.43. The first-order chi connectivity index (χ1) is 12.7. The van der Waals surface area contributed by atoms with E-state index in [1.165, 1.54) is 30.5 Å². The second kappa shape index (κ2) is 7.36. The lowest BCUT2D eigenvalue weighted by Gasteiger charge is -2.06. The summed E-state index contributed by atoms with van der Waals surface area (Å²) in [6.45, 7) is 1.66. The summed E-state index contributed by atoms with van der Waals surface area (Å²) in [7, 11) is -3.10. The number of hydrogen-bond acceptors (Lipinski definition) is 5. The van der Waals surface area contributed by atoms with E-state index in [0.29, 0.717) is 17.3 Å². The van der Waals surface area contributed by atoms with Gasteiger partial charge in [-0.3, -0.25) is 4.79 Å². The van der Waals surface area contributed by atoms with Crippen molar-refractivity contribution in [3.8, 4) is 11.4 Å². The highest BCUT2D eigenvalue weighted by molar-refractivity contribution is 7.92. The number of amides is 1. The van der Waals surface area contributed by atoms with E-state index < -0.39 is 27.3 Å².